The van der Waals surface area contributed by atoms with E-state index >= 15 is 0 Å². The largest absolute Gasteiger partial charge is 0.455 e. The molecular formula is C23H27ClN2O4. The first-order valence-electron chi connectivity index (χ1n) is 9.83. The van der Waals surface area contributed by atoms with Crippen molar-refractivity contribution in [3.05, 3.63) is 65.2 Å². The minimum absolute atomic E-state index is 0.0640. The molecule has 2 aromatic carbocycles. The molecule has 2 amide bonds. The van der Waals surface area contributed by atoms with E-state index < -0.39 is 30.3 Å². The van der Waals surface area contributed by atoms with Crippen molar-refractivity contribution in [2.24, 2.45) is 5.92 Å². The van der Waals surface area contributed by atoms with Gasteiger partial charge in [-0.1, -0.05) is 74.3 Å². The quantitative estimate of drug-likeness (QED) is 0.607. The third kappa shape index (κ3) is 6.59. The van der Waals surface area contributed by atoms with Gasteiger partial charge in [-0.2, -0.15) is 0 Å². The summed E-state index contributed by atoms with van der Waals surface area (Å²) >= 11 is 6.02. The van der Waals surface area contributed by atoms with Crippen LogP contribution in [0.4, 0.5) is 5.69 Å². The number of benzene rings is 2. The maximum Gasteiger partial charge on any atom is 0.314 e. The van der Waals surface area contributed by atoms with Crippen molar-refractivity contribution in [1.29, 1.82) is 0 Å². The number of nitrogens with one attached hydrogen (secondary N) is 1. The molecule has 0 aromatic heterocycles. The fourth-order valence-corrected chi connectivity index (χ4v) is 3.16. The molecule has 2 aromatic rings. The highest BCUT2D eigenvalue weighted by atomic mass is 35.5. The number of para-hydroxylation sites is 1. The number of hydrogen-bond acceptors (Lipinski definition) is 4. The van der Waals surface area contributed by atoms with E-state index in [1.807, 2.05) is 44.2 Å². The fraction of sp³-hybridized carbons (Fsp3) is 0.348. The first-order valence-corrected chi connectivity index (χ1v) is 10.2. The molecular weight excluding hydrogens is 404 g/mol. The van der Waals surface area contributed by atoms with Crippen molar-refractivity contribution in [2.75, 3.05) is 25.5 Å². The standard InChI is InChI=1S/C23H27ClN2O4/c1-4-16(2)22(17-10-6-5-7-11-17)23(29)30-15-21(28)26(3)14-20(27)25-19-13-9-8-12-18(19)24/h5-13,16,22H,4,14-15H2,1-3H3,(H,25,27)/t16-,22+/m0/s1. The third-order valence-electron chi connectivity index (χ3n) is 4.92. The van der Waals surface area contributed by atoms with Crippen LogP contribution in [-0.4, -0.2) is 42.9 Å². The number of amides is 2. The van der Waals surface area contributed by atoms with E-state index in [1.165, 1.54) is 11.9 Å². The number of ether oxygens (including phenoxy) is 1. The normalized spacial score (nSPS) is 12.5. The molecule has 7 heteroatoms. The summed E-state index contributed by atoms with van der Waals surface area (Å²) in [6.45, 7) is 3.37. The summed E-state index contributed by atoms with van der Waals surface area (Å²) < 4.78 is 5.30. The average molecular weight is 431 g/mol. The molecule has 0 aliphatic heterocycles. The van der Waals surface area contributed by atoms with E-state index in [1.54, 1.807) is 24.3 Å². The number of likely N-dealkylation sites (N-methyl/N-ethyl adjacent to an activating group) is 1. The molecule has 2 rings (SSSR count). The van der Waals surface area contributed by atoms with Crippen LogP contribution < -0.4 is 5.32 Å². The predicted molar refractivity (Wildman–Crippen MR) is 117 cm³/mol. The number of carbonyl (C=O) groups excluding carboxylic acids is 3. The van der Waals surface area contributed by atoms with E-state index in [0.717, 1.165) is 12.0 Å². The van der Waals surface area contributed by atoms with Gasteiger partial charge in [0.2, 0.25) is 5.91 Å². The van der Waals surface area contributed by atoms with Gasteiger partial charge in [-0.05, 0) is 23.6 Å². The molecule has 0 spiro atoms. The van der Waals surface area contributed by atoms with Crippen molar-refractivity contribution in [1.82, 2.24) is 4.90 Å². The fourth-order valence-electron chi connectivity index (χ4n) is 2.98. The van der Waals surface area contributed by atoms with Crippen LogP contribution in [0, 0.1) is 5.92 Å². The topological polar surface area (TPSA) is 75.7 Å². The number of esters is 1. The Morgan fingerprint density at radius 1 is 1.07 bits per heavy atom. The number of nitrogens with zero attached hydrogens (tertiary/aromatic N) is 1. The highest BCUT2D eigenvalue weighted by Crippen LogP contribution is 2.28. The SMILES string of the molecule is CC[C@H](C)[C@@H](C(=O)OCC(=O)N(C)CC(=O)Nc1ccccc1Cl)c1ccccc1. The first kappa shape index (κ1) is 23.4. The molecule has 2 atom stereocenters. The first-order chi connectivity index (χ1) is 14.3. The zero-order valence-electron chi connectivity index (χ0n) is 17.4. The lowest BCUT2D eigenvalue weighted by atomic mass is 9.86. The minimum Gasteiger partial charge on any atom is -0.455 e. The van der Waals surface area contributed by atoms with Crippen molar-refractivity contribution in [3.8, 4) is 0 Å². The summed E-state index contributed by atoms with van der Waals surface area (Å²) in [5.41, 5.74) is 1.33. The number of rotatable bonds is 9. The molecule has 0 aliphatic carbocycles. The number of hydrogen-bond donors (Lipinski definition) is 1. The molecule has 160 valence electrons. The summed E-state index contributed by atoms with van der Waals surface area (Å²) in [6.07, 6.45) is 0.796. The van der Waals surface area contributed by atoms with Gasteiger partial charge in [0.05, 0.1) is 23.2 Å². The molecule has 1 N–H and O–H groups in total. The van der Waals surface area contributed by atoms with E-state index in [2.05, 4.69) is 5.32 Å². The van der Waals surface area contributed by atoms with Crippen LogP contribution in [0.5, 0.6) is 0 Å². The van der Waals surface area contributed by atoms with Crippen molar-refractivity contribution in [2.45, 2.75) is 26.2 Å². The van der Waals surface area contributed by atoms with Gasteiger partial charge < -0.3 is 15.0 Å². The van der Waals surface area contributed by atoms with Crippen LogP contribution in [0.25, 0.3) is 0 Å². The molecule has 0 aliphatic rings. The smallest absolute Gasteiger partial charge is 0.314 e. The Morgan fingerprint density at radius 2 is 1.70 bits per heavy atom. The van der Waals surface area contributed by atoms with Crippen LogP contribution in [0.3, 0.4) is 0 Å². The summed E-state index contributed by atoms with van der Waals surface area (Å²) in [4.78, 5) is 38.4. The van der Waals surface area contributed by atoms with Crippen molar-refractivity contribution < 1.29 is 19.1 Å². The van der Waals surface area contributed by atoms with Gasteiger partial charge in [0.25, 0.3) is 5.91 Å². The molecule has 0 saturated carbocycles. The van der Waals surface area contributed by atoms with Crippen LogP contribution in [0.1, 0.15) is 31.7 Å². The van der Waals surface area contributed by atoms with Gasteiger partial charge in [0, 0.05) is 7.05 Å². The lowest BCUT2D eigenvalue weighted by Gasteiger charge is -2.23. The minimum atomic E-state index is -0.464. The van der Waals surface area contributed by atoms with Crippen LogP contribution in [0.15, 0.2) is 54.6 Å². The lowest BCUT2D eigenvalue weighted by molar-refractivity contribution is -0.154. The molecule has 0 saturated heterocycles. The highest BCUT2D eigenvalue weighted by molar-refractivity contribution is 6.33. The van der Waals surface area contributed by atoms with Gasteiger partial charge in [0.15, 0.2) is 6.61 Å². The summed E-state index contributed by atoms with van der Waals surface area (Å²) in [6, 6.07) is 16.2. The maximum atomic E-state index is 12.7. The second-order valence-electron chi connectivity index (χ2n) is 7.16. The molecule has 0 heterocycles. The van der Waals surface area contributed by atoms with Crippen LogP contribution in [-0.2, 0) is 19.1 Å². The highest BCUT2D eigenvalue weighted by Gasteiger charge is 2.28. The zero-order valence-corrected chi connectivity index (χ0v) is 18.2. The number of carbonyl (C=O) groups is 3. The third-order valence-corrected chi connectivity index (χ3v) is 5.25. The predicted octanol–water partition coefficient (Wildman–Crippen LogP) is 4.11. The molecule has 6 nitrogen and oxygen atoms in total. The summed E-state index contributed by atoms with van der Waals surface area (Å²) in [5.74, 6) is -1.69. The molecule has 30 heavy (non-hydrogen) atoms. The van der Waals surface area contributed by atoms with E-state index in [4.69, 9.17) is 16.3 Å². The summed E-state index contributed by atoms with van der Waals surface area (Å²) in [7, 11) is 1.48. The Hall–Kier alpha value is -2.86. The van der Waals surface area contributed by atoms with Gasteiger partial charge in [0.1, 0.15) is 0 Å². The van der Waals surface area contributed by atoms with Crippen molar-refractivity contribution >= 4 is 35.1 Å². The Bertz CT molecular complexity index is 873. The Kier molecular flexibility index (Phi) is 8.87. The molecule has 0 bridgehead atoms. The van der Waals surface area contributed by atoms with E-state index in [0.29, 0.717) is 10.7 Å². The second kappa shape index (κ2) is 11.4. The van der Waals surface area contributed by atoms with Gasteiger partial charge in [-0.25, -0.2) is 0 Å². The van der Waals surface area contributed by atoms with Crippen LogP contribution in [0.2, 0.25) is 5.02 Å². The van der Waals surface area contributed by atoms with Gasteiger partial charge >= 0.3 is 5.97 Å². The molecule has 0 unspecified atom stereocenters. The number of halogens is 1. The van der Waals surface area contributed by atoms with Gasteiger partial charge in [-0.3, -0.25) is 14.4 Å². The van der Waals surface area contributed by atoms with E-state index in [9.17, 15) is 14.4 Å². The Labute approximate surface area is 182 Å². The zero-order chi connectivity index (χ0) is 22.1. The van der Waals surface area contributed by atoms with Gasteiger partial charge in [-0.15, -0.1) is 0 Å². The Balaban J connectivity index is 1.90. The monoisotopic (exact) mass is 430 g/mol. The molecule has 0 fully saturated rings. The molecule has 0 radical (unpaired) electrons. The second-order valence-corrected chi connectivity index (χ2v) is 7.57. The van der Waals surface area contributed by atoms with E-state index in [-0.39, 0.29) is 12.5 Å². The lowest BCUT2D eigenvalue weighted by Crippen LogP contribution is -2.38. The Morgan fingerprint density at radius 3 is 2.33 bits per heavy atom. The van der Waals surface area contributed by atoms with Crippen LogP contribution >= 0.6 is 11.6 Å². The maximum absolute atomic E-state index is 12.7. The number of anilines is 1. The average Bonchev–Trinajstić information content (AvgIpc) is 2.74. The summed E-state index contributed by atoms with van der Waals surface area (Å²) in [5, 5.41) is 3.06. The van der Waals surface area contributed by atoms with Crippen molar-refractivity contribution in [3.63, 3.8) is 0 Å².